The molecule has 5 rings (SSSR count). The number of carbonyl (C=O) groups excluding carboxylic acids is 1. The number of benzene rings is 2. The zero-order chi connectivity index (χ0) is 20.8. The highest BCUT2D eigenvalue weighted by Gasteiger charge is 2.28. The molecule has 0 radical (unpaired) electrons. The molecule has 0 aliphatic carbocycles. The number of carbonyl (C=O) groups is 1. The maximum Gasteiger partial charge on any atom is 0.302 e. The summed E-state index contributed by atoms with van der Waals surface area (Å²) in [6, 6.07) is 11.4. The van der Waals surface area contributed by atoms with Gasteiger partial charge in [0, 0.05) is 47.7 Å². The minimum Gasteiger partial charge on any atom is -0.461 e. The minimum atomic E-state index is -0.311. The van der Waals surface area contributed by atoms with Gasteiger partial charge in [-0.15, -0.1) is 0 Å². The summed E-state index contributed by atoms with van der Waals surface area (Å²) in [4.78, 5) is 17.9. The molecular weight excluding hydrogens is 388 g/mol. The average Bonchev–Trinajstić information content (AvgIpc) is 3.38. The molecule has 3 N–H and O–H groups in total. The van der Waals surface area contributed by atoms with Crippen LogP contribution in [0.5, 0.6) is 0 Å². The van der Waals surface area contributed by atoms with Crippen LogP contribution in [-0.4, -0.2) is 34.6 Å². The Kier molecular flexibility index (Phi) is 4.55. The topological polar surface area (TPSA) is 69.9 Å². The van der Waals surface area contributed by atoms with Gasteiger partial charge in [-0.1, -0.05) is 0 Å². The molecule has 0 spiro atoms. The Hall–Kier alpha value is -3.19. The number of nitrogens with one attached hydrogen (secondary N) is 3. The fourth-order valence-electron chi connectivity index (χ4n) is 4.41. The number of rotatable bonds is 4. The first-order valence-corrected chi connectivity index (χ1v) is 9.95. The van der Waals surface area contributed by atoms with Crippen LogP contribution < -0.4 is 5.32 Å². The fourth-order valence-corrected chi connectivity index (χ4v) is 4.41. The van der Waals surface area contributed by atoms with Crippen LogP contribution in [0.2, 0.25) is 0 Å². The predicted molar refractivity (Wildman–Crippen MR) is 111 cm³/mol. The average molecular weight is 409 g/mol. The molecular formula is C23H21F2N3O2. The van der Waals surface area contributed by atoms with Gasteiger partial charge < -0.3 is 20.0 Å². The molecule has 1 saturated heterocycles. The molecule has 154 valence electrons. The lowest BCUT2D eigenvalue weighted by molar-refractivity contribution is -0.145. The number of esters is 1. The van der Waals surface area contributed by atoms with Crippen LogP contribution in [-0.2, 0) is 16.0 Å². The van der Waals surface area contributed by atoms with Crippen LogP contribution in [0.4, 0.5) is 8.78 Å². The summed E-state index contributed by atoms with van der Waals surface area (Å²) in [6.45, 7) is 2.03. The molecule has 0 saturated carbocycles. The lowest BCUT2D eigenvalue weighted by atomic mass is 9.99. The normalized spacial score (nSPS) is 19.0. The summed E-state index contributed by atoms with van der Waals surface area (Å²) in [7, 11) is 0. The zero-order valence-corrected chi connectivity index (χ0v) is 16.4. The molecule has 2 unspecified atom stereocenters. The highest BCUT2D eigenvalue weighted by Crippen LogP contribution is 2.34. The fraction of sp³-hybridized carbons (Fsp3) is 0.261. The number of hydrogen-bond donors (Lipinski definition) is 3. The van der Waals surface area contributed by atoms with E-state index >= 15 is 0 Å². The van der Waals surface area contributed by atoms with E-state index in [1.54, 1.807) is 12.1 Å². The molecule has 0 amide bonds. The van der Waals surface area contributed by atoms with Crippen molar-refractivity contribution < 1.29 is 18.3 Å². The van der Waals surface area contributed by atoms with E-state index in [1.807, 2.05) is 6.07 Å². The zero-order valence-electron chi connectivity index (χ0n) is 16.4. The van der Waals surface area contributed by atoms with Crippen LogP contribution in [0.25, 0.3) is 33.2 Å². The SMILES string of the molecule is CC(=O)OC1CNC(Cc2c(-c3cc4ccc(F)cc4[nH]3)[nH]c3cc(F)ccc23)C1. The number of aromatic nitrogens is 2. The van der Waals surface area contributed by atoms with E-state index < -0.39 is 0 Å². The summed E-state index contributed by atoms with van der Waals surface area (Å²) < 4.78 is 32.8. The van der Waals surface area contributed by atoms with Crippen molar-refractivity contribution in [2.75, 3.05) is 6.54 Å². The molecule has 2 aromatic carbocycles. The Labute approximate surface area is 171 Å². The molecule has 1 aliphatic heterocycles. The van der Waals surface area contributed by atoms with Crippen molar-refractivity contribution in [1.29, 1.82) is 0 Å². The third-order valence-electron chi connectivity index (χ3n) is 5.69. The Morgan fingerprint density at radius 3 is 2.63 bits per heavy atom. The van der Waals surface area contributed by atoms with Gasteiger partial charge in [0.2, 0.25) is 0 Å². The van der Waals surface area contributed by atoms with Gasteiger partial charge in [0.1, 0.15) is 17.7 Å². The van der Waals surface area contributed by atoms with Crippen LogP contribution in [0.1, 0.15) is 18.9 Å². The molecule has 2 aromatic heterocycles. The van der Waals surface area contributed by atoms with Crippen LogP contribution >= 0.6 is 0 Å². The molecule has 7 heteroatoms. The van der Waals surface area contributed by atoms with Crippen molar-refractivity contribution in [1.82, 2.24) is 15.3 Å². The number of ether oxygens (including phenoxy) is 1. The smallest absolute Gasteiger partial charge is 0.302 e. The van der Waals surface area contributed by atoms with Gasteiger partial charge in [0.05, 0.1) is 11.4 Å². The van der Waals surface area contributed by atoms with Crippen LogP contribution in [0, 0.1) is 11.6 Å². The first-order valence-electron chi connectivity index (χ1n) is 9.95. The second-order valence-corrected chi connectivity index (χ2v) is 7.86. The van der Waals surface area contributed by atoms with Crippen molar-refractivity contribution in [3.63, 3.8) is 0 Å². The van der Waals surface area contributed by atoms with E-state index in [4.69, 9.17) is 4.74 Å². The molecule has 0 bridgehead atoms. The number of H-pyrrole nitrogens is 2. The standard InChI is InChI=1S/C23H21F2N3O2/c1-12(29)30-17-9-16(26-11-17)10-19-18-5-4-15(25)8-21(18)28-23(19)22-6-13-2-3-14(24)7-20(13)27-22/h2-8,16-17,26-28H,9-11H2,1H3. The summed E-state index contributed by atoms with van der Waals surface area (Å²) in [5, 5.41) is 5.25. The third-order valence-corrected chi connectivity index (χ3v) is 5.69. The molecule has 1 aliphatic rings. The van der Waals surface area contributed by atoms with Crippen molar-refractivity contribution in [2.45, 2.75) is 31.9 Å². The van der Waals surface area contributed by atoms with Gasteiger partial charge in [0.25, 0.3) is 0 Å². The van der Waals surface area contributed by atoms with E-state index in [2.05, 4.69) is 15.3 Å². The van der Waals surface area contributed by atoms with Gasteiger partial charge in [-0.25, -0.2) is 8.78 Å². The van der Waals surface area contributed by atoms with Gasteiger partial charge in [-0.2, -0.15) is 0 Å². The number of halogens is 2. The first-order chi connectivity index (χ1) is 14.5. The third kappa shape index (κ3) is 3.45. The Bertz CT molecular complexity index is 1260. The van der Waals surface area contributed by atoms with Crippen molar-refractivity contribution in [2.24, 2.45) is 0 Å². The maximum absolute atomic E-state index is 13.8. The molecule has 5 nitrogen and oxygen atoms in total. The van der Waals surface area contributed by atoms with Crippen molar-refractivity contribution in [3.05, 3.63) is 59.7 Å². The van der Waals surface area contributed by atoms with Crippen molar-refractivity contribution >= 4 is 27.8 Å². The van der Waals surface area contributed by atoms with Crippen LogP contribution in [0.15, 0.2) is 42.5 Å². The Balaban J connectivity index is 1.55. The summed E-state index contributed by atoms with van der Waals surface area (Å²) >= 11 is 0. The number of fused-ring (bicyclic) bond motifs is 2. The monoisotopic (exact) mass is 409 g/mol. The Morgan fingerprint density at radius 2 is 1.83 bits per heavy atom. The molecule has 2 atom stereocenters. The molecule has 30 heavy (non-hydrogen) atoms. The summed E-state index contributed by atoms with van der Waals surface area (Å²) in [6.07, 6.45) is 1.25. The van der Waals surface area contributed by atoms with Gasteiger partial charge in [-0.05, 0) is 54.4 Å². The predicted octanol–water partition coefficient (Wildman–Crippen LogP) is 4.43. The van der Waals surface area contributed by atoms with Crippen molar-refractivity contribution in [3.8, 4) is 11.4 Å². The van der Waals surface area contributed by atoms with E-state index in [9.17, 15) is 13.6 Å². The Morgan fingerprint density at radius 1 is 1.07 bits per heavy atom. The summed E-state index contributed by atoms with van der Waals surface area (Å²) in [5.74, 6) is -0.896. The highest BCUT2D eigenvalue weighted by molar-refractivity contribution is 5.93. The van der Waals surface area contributed by atoms with E-state index in [-0.39, 0.29) is 29.7 Å². The maximum atomic E-state index is 13.8. The molecule has 3 heterocycles. The number of hydrogen-bond acceptors (Lipinski definition) is 3. The van der Waals surface area contributed by atoms with E-state index in [0.29, 0.717) is 30.4 Å². The first kappa shape index (κ1) is 18.8. The van der Waals surface area contributed by atoms with Gasteiger partial charge >= 0.3 is 5.97 Å². The molecule has 4 aromatic rings. The molecule has 1 fully saturated rings. The largest absolute Gasteiger partial charge is 0.461 e. The van der Waals surface area contributed by atoms with Gasteiger partial charge in [0.15, 0.2) is 0 Å². The quantitative estimate of drug-likeness (QED) is 0.437. The lowest BCUT2D eigenvalue weighted by Gasteiger charge is -2.12. The number of aromatic amines is 2. The second-order valence-electron chi connectivity index (χ2n) is 7.86. The highest BCUT2D eigenvalue weighted by atomic mass is 19.1. The van der Waals surface area contributed by atoms with Gasteiger partial charge in [-0.3, -0.25) is 4.79 Å². The minimum absolute atomic E-state index is 0.124. The second kappa shape index (κ2) is 7.25. The van der Waals surface area contributed by atoms with Crippen LogP contribution in [0.3, 0.4) is 0 Å². The van der Waals surface area contributed by atoms with E-state index in [1.165, 1.54) is 31.2 Å². The lowest BCUT2D eigenvalue weighted by Crippen LogP contribution is -2.24. The van der Waals surface area contributed by atoms with E-state index in [0.717, 1.165) is 27.7 Å². The summed E-state index contributed by atoms with van der Waals surface area (Å²) in [5.41, 5.74) is 4.12.